The molecular formula is C26H28FN5O. The van der Waals surface area contributed by atoms with Gasteiger partial charge in [0.2, 0.25) is 5.69 Å². The van der Waals surface area contributed by atoms with Gasteiger partial charge < -0.3 is 15.7 Å². The molecular weight excluding hydrogens is 417 g/mol. The van der Waals surface area contributed by atoms with Crippen LogP contribution in [0.4, 0.5) is 15.9 Å². The van der Waals surface area contributed by atoms with Crippen molar-refractivity contribution in [2.75, 3.05) is 11.4 Å². The van der Waals surface area contributed by atoms with Gasteiger partial charge in [0.15, 0.2) is 5.82 Å². The van der Waals surface area contributed by atoms with Gasteiger partial charge in [-0.3, -0.25) is 0 Å². The molecule has 6 nitrogen and oxygen atoms in total. The van der Waals surface area contributed by atoms with Crippen LogP contribution >= 0.6 is 0 Å². The van der Waals surface area contributed by atoms with Gasteiger partial charge >= 0.3 is 0 Å². The number of fused-ring (bicyclic) bond motifs is 1. The molecule has 2 fully saturated rings. The van der Waals surface area contributed by atoms with Gasteiger partial charge in [0.1, 0.15) is 5.82 Å². The van der Waals surface area contributed by atoms with E-state index in [1.54, 1.807) is 6.07 Å². The lowest BCUT2D eigenvalue weighted by Crippen LogP contribution is -2.50. The molecule has 0 bridgehead atoms. The van der Waals surface area contributed by atoms with Crippen LogP contribution in [0.2, 0.25) is 0 Å². The third-order valence-corrected chi connectivity index (χ3v) is 7.08. The van der Waals surface area contributed by atoms with Crippen molar-refractivity contribution >= 4 is 11.5 Å². The van der Waals surface area contributed by atoms with Gasteiger partial charge in [-0.15, -0.1) is 5.10 Å². The van der Waals surface area contributed by atoms with Crippen LogP contribution in [-0.4, -0.2) is 33.5 Å². The molecule has 5 rings (SSSR count). The highest BCUT2D eigenvalue weighted by atomic mass is 19.1. The van der Waals surface area contributed by atoms with Crippen LogP contribution in [-0.2, 0) is 6.61 Å². The molecule has 170 valence electrons. The zero-order valence-electron chi connectivity index (χ0n) is 18.5. The third-order valence-electron chi connectivity index (χ3n) is 7.08. The lowest BCUT2D eigenvalue weighted by Gasteiger charge is -2.45. The summed E-state index contributed by atoms with van der Waals surface area (Å²) in [6.45, 7) is 8.06. The number of aromatic nitrogens is 2. The Labute approximate surface area is 193 Å². The summed E-state index contributed by atoms with van der Waals surface area (Å²) in [4.78, 5) is 5.65. The summed E-state index contributed by atoms with van der Waals surface area (Å²) in [5, 5.41) is 14.4. The molecule has 0 radical (unpaired) electrons. The van der Waals surface area contributed by atoms with E-state index < -0.39 is 5.82 Å². The van der Waals surface area contributed by atoms with Crippen molar-refractivity contribution in [1.82, 2.24) is 9.78 Å². The van der Waals surface area contributed by atoms with Crippen LogP contribution in [0.25, 0.3) is 21.8 Å². The zero-order chi connectivity index (χ0) is 22.9. The van der Waals surface area contributed by atoms with Gasteiger partial charge in [0.25, 0.3) is 0 Å². The number of nitrogens with two attached hydrogens (primary N) is 1. The Bertz CT molecular complexity index is 1180. The van der Waals surface area contributed by atoms with Crippen molar-refractivity contribution in [2.45, 2.75) is 50.8 Å². The smallest absolute Gasteiger partial charge is 0.222 e. The topological polar surface area (TPSA) is 71.7 Å². The van der Waals surface area contributed by atoms with Gasteiger partial charge in [-0.05, 0) is 61.8 Å². The molecule has 2 aromatic carbocycles. The Kier molecular flexibility index (Phi) is 5.88. The Morgan fingerprint density at radius 3 is 2.67 bits per heavy atom. The van der Waals surface area contributed by atoms with Crippen LogP contribution in [0.5, 0.6) is 0 Å². The Hall–Kier alpha value is -3.21. The fourth-order valence-electron chi connectivity index (χ4n) is 5.39. The normalized spacial score (nSPS) is 22.6. The van der Waals surface area contributed by atoms with Gasteiger partial charge in [-0.25, -0.2) is 13.9 Å². The van der Waals surface area contributed by atoms with Crippen molar-refractivity contribution < 1.29 is 9.50 Å². The van der Waals surface area contributed by atoms with Crippen molar-refractivity contribution in [2.24, 2.45) is 11.7 Å². The van der Waals surface area contributed by atoms with Gasteiger partial charge in [0, 0.05) is 30.3 Å². The maximum Gasteiger partial charge on any atom is 0.222 e. The first-order chi connectivity index (χ1) is 16.1. The highest BCUT2D eigenvalue weighted by molar-refractivity contribution is 5.69. The zero-order valence-corrected chi connectivity index (χ0v) is 18.5. The Morgan fingerprint density at radius 2 is 1.94 bits per heavy atom. The summed E-state index contributed by atoms with van der Waals surface area (Å²) in [5.41, 5.74) is 9.36. The number of halogens is 1. The second-order valence-electron chi connectivity index (χ2n) is 9.14. The number of rotatable bonds is 4. The second kappa shape index (κ2) is 8.97. The number of benzene rings is 2. The summed E-state index contributed by atoms with van der Waals surface area (Å²) in [5.74, 6) is 0.929. The van der Waals surface area contributed by atoms with Crippen molar-refractivity contribution in [1.29, 1.82) is 0 Å². The number of hydrogen-bond acceptors (Lipinski definition) is 4. The summed E-state index contributed by atoms with van der Waals surface area (Å²) in [7, 11) is 0. The molecule has 0 spiro atoms. The first-order valence-electron chi connectivity index (χ1n) is 11.6. The monoisotopic (exact) mass is 445 g/mol. The first kappa shape index (κ1) is 21.6. The fraction of sp³-hybridized carbons (Fsp3) is 0.385. The summed E-state index contributed by atoms with van der Waals surface area (Å²) >= 11 is 0. The molecule has 33 heavy (non-hydrogen) atoms. The third kappa shape index (κ3) is 4.12. The van der Waals surface area contributed by atoms with E-state index in [-0.39, 0.29) is 18.3 Å². The minimum Gasteiger partial charge on any atom is -0.392 e. The Morgan fingerprint density at radius 1 is 1.12 bits per heavy atom. The van der Waals surface area contributed by atoms with Crippen LogP contribution in [0.3, 0.4) is 0 Å². The van der Waals surface area contributed by atoms with E-state index in [1.807, 2.05) is 35.0 Å². The van der Waals surface area contributed by atoms with E-state index in [4.69, 9.17) is 17.4 Å². The SMILES string of the molecule is [C-]#[N+]c1ccc(-c2cc(N3CCCC4CC(N)CCC43)nn2-c2ccc(CO)cc2)cc1F. The average Bonchev–Trinajstić information content (AvgIpc) is 3.28. The minimum absolute atomic E-state index is 0.00903. The molecule has 1 saturated carbocycles. The molecule has 1 saturated heterocycles. The molecule has 1 aromatic heterocycles. The summed E-state index contributed by atoms with van der Waals surface area (Å²) in [6, 6.07) is 15.0. The van der Waals surface area contributed by atoms with E-state index in [9.17, 15) is 9.50 Å². The predicted octanol–water partition coefficient (Wildman–Crippen LogP) is 4.82. The fourth-order valence-corrected chi connectivity index (χ4v) is 5.39. The average molecular weight is 446 g/mol. The van der Waals surface area contributed by atoms with Crippen molar-refractivity contribution in [3.63, 3.8) is 0 Å². The summed E-state index contributed by atoms with van der Waals surface area (Å²) in [6.07, 6.45) is 5.45. The van der Waals surface area contributed by atoms with E-state index >= 15 is 0 Å². The maximum absolute atomic E-state index is 14.5. The maximum atomic E-state index is 14.5. The van der Waals surface area contributed by atoms with E-state index in [1.165, 1.54) is 18.6 Å². The van der Waals surface area contributed by atoms with Crippen LogP contribution in [0, 0.1) is 18.3 Å². The van der Waals surface area contributed by atoms with E-state index in [0.29, 0.717) is 17.5 Å². The van der Waals surface area contributed by atoms with Crippen molar-refractivity contribution in [3.8, 4) is 16.9 Å². The number of anilines is 1. The van der Waals surface area contributed by atoms with Gasteiger partial charge in [-0.1, -0.05) is 24.3 Å². The number of nitrogens with zero attached hydrogens (tertiary/aromatic N) is 4. The van der Waals surface area contributed by atoms with E-state index in [2.05, 4.69) is 9.74 Å². The minimum atomic E-state index is -0.535. The largest absolute Gasteiger partial charge is 0.392 e. The number of piperidine rings is 1. The standard InChI is InChI=1S/C26H28FN5O/c1-29-23-10-6-19(14-22(23)27)25-15-26(30-32(25)21-8-4-17(16-33)5-9-21)31-12-2-3-18-13-20(28)7-11-24(18)31/h4-6,8-10,14-15,18,20,24,33H,2-3,7,11-13,16,28H2. The molecule has 3 atom stereocenters. The predicted molar refractivity (Wildman–Crippen MR) is 127 cm³/mol. The number of aliphatic hydroxyl groups is 1. The van der Waals surface area contributed by atoms with Crippen LogP contribution in [0.15, 0.2) is 48.5 Å². The Balaban J connectivity index is 1.58. The van der Waals surface area contributed by atoms with Crippen LogP contribution in [0.1, 0.15) is 37.7 Å². The quantitative estimate of drug-likeness (QED) is 0.565. The number of aliphatic hydroxyl groups excluding tert-OH is 1. The molecule has 1 aliphatic heterocycles. The molecule has 2 heterocycles. The molecule has 2 aliphatic rings. The highest BCUT2D eigenvalue weighted by Gasteiger charge is 2.37. The molecule has 1 aliphatic carbocycles. The second-order valence-corrected chi connectivity index (χ2v) is 9.14. The molecule has 7 heteroatoms. The van der Waals surface area contributed by atoms with Crippen LogP contribution < -0.4 is 10.6 Å². The molecule has 3 N–H and O–H groups in total. The molecule has 0 amide bonds. The van der Waals surface area contributed by atoms with E-state index in [0.717, 1.165) is 55.0 Å². The first-order valence-corrected chi connectivity index (χ1v) is 11.6. The highest BCUT2D eigenvalue weighted by Crippen LogP contribution is 2.39. The number of hydrogen-bond donors (Lipinski definition) is 2. The van der Waals surface area contributed by atoms with Crippen molar-refractivity contribution in [3.05, 3.63) is 71.3 Å². The lowest BCUT2D eigenvalue weighted by molar-refractivity contribution is 0.223. The molecule has 3 unspecified atom stereocenters. The lowest BCUT2D eigenvalue weighted by atomic mass is 9.76. The molecule has 3 aromatic rings. The van der Waals surface area contributed by atoms with Gasteiger partial charge in [-0.2, -0.15) is 0 Å². The van der Waals surface area contributed by atoms with Gasteiger partial charge in [0.05, 0.1) is 24.6 Å². The summed E-state index contributed by atoms with van der Waals surface area (Å²) < 4.78 is 16.3.